The van der Waals surface area contributed by atoms with Crippen LogP contribution < -0.4 is 0 Å². The summed E-state index contributed by atoms with van der Waals surface area (Å²) in [7, 11) is 0. The molecule has 0 saturated carbocycles. The summed E-state index contributed by atoms with van der Waals surface area (Å²) in [6.45, 7) is -0.387. The monoisotopic (exact) mass is 337 g/mol. The quantitative estimate of drug-likeness (QED) is 0.666. The molecule has 2 rings (SSSR count). The number of alkyl halides is 3. The van der Waals surface area contributed by atoms with Crippen molar-refractivity contribution in [2.45, 2.75) is 29.5 Å². The second-order valence-corrected chi connectivity index (χ2v) is 6.02. The fraction of sp³-hybridized carbons (Fsp3) is 0.500. The standard InChI is InChI=1S/C14H15F4NO2S/c1-22-11-8-9(2-3-10(11)15)12(20)19-6-4-13(21,5-7-19)14(16,17)18/h2-3,8,21H,4-7H2,1H3. The minimum Gasteiger partial charge on any atom is -0.380 e. The Balaban J connectivity index is 2.10. The smallest absolute Gasteiger partial charge is 0.380 e. The summed E-state index contributed by atoms with van der Waals surface area (Å²) < 4.78 is 51.6. The molecule has 1 heterocycles. The first kappa shape index (κ1) is 17.1. The number of piperidine rings is 1. The normalized spacial score (nSPS) is 18.4. The summed E-state index contributed by atoms with van der Waals surface area (Å²) in [5.74, 6) is -0.909. The zero-order valence-electron chi connectivity index (χ0n) is 11.8. The predicted molar refractivity (Wildman–Crippen MR) is 74.3 cm³/mol. The number of rotatable bonds is 2. The van der Waals surface area contributed by atoms with E-state index in [1.807, 2.05) is 0 Å². The molecule has 0 radical (unpaired) electrons. The molecule has 1 fully saturated rings. The van der Waals surface area contributed by atoms with Gasteiger partial charge in [0.1, 0.15) is 5.82 Å². The molecule has 1 N–H and O–H groups in total. The number of benzene rings is 1. The van der Waals surface area contributed by atoms with Gasteiger partial charge in [-0.1, -0.05) is 0 Å². The molecule has 22 heavy (non-hydrogen) atoms. The number of carbonyl (C=O) groups is 1. The van der Waals surface area contributed by atoms with Gasteiger partial charge in [0.2, 0.25) is 0 Å². The van der Waals surface area contributed by atoms with E-state index < -0.39 is 36.3 Å². The summed E-state index contributed by atoms with van der Waals surface area (Å²) in [6.07, 6.45) is -4.15. The van der Waals surface area contributed by atoms with Crippen molar-refractivity contribution in [3.63, 3.8) is 0 Å². The van der Waals surface area contributed by atoms with E-state index in [4.69, 9.17) is 0 Å². The van der Waals surface area contributed by atoms with Gasteiger partial charge < -0.3 is 10.0 Å². The van der Waals surface area contributed by atoms with Crippen LogP contribution in [0.2, 0.25) is 0 Å². The molecule has 0 spiro atoms. The number of thioether (sulfide) groups is 1. The van der Waals surface area contributed by atoms with E-state index in [1.165, 1.54) is 17.0 Å². The highest BCUT2D eigenvalue weighted by atomic mass is 32.2. The van der Waals surface area contributed by atoms with Gasteiger partial charge in [0.05, 0.1) is 0 Å². The zero-order valence-corrected chi connectivity index (χ0v) is 12.6. The fourth-order valence-electron chi connectivity index (χ4n) is 2.34. The van der Waals surface area contributed by atoms with Crippen molar-refractivity contribution in [2.75, 3.05) is 19.3 Å². The van der Waals surface area contributed by atoms with Gasteiger partial charge in [-0.25, -0.2) is 4.39 Å². The summed E-state index contributed by atoms with van der Waals surface area (Å²) in [5, 5.41) is 9.58. The molecular formula is C14H15F4NO2S. The maximum atomic E-state index is 13.4. The van der Waals surface area contributed by atoms with Crippen molar-refractivity contribution in [2.24, 2.45) is 0 Å². The van der Waals surface area contributed by atoms with Gasteiger partial charge in [-0.2, -0.15) is 13.2 Å². The highest BCUT2D eigenvalue weighted by Crippen LogP contribution is 2.38. The number of amides is 1. The van der Waals surface area contributed by atoms with E-state index in [0.29, 0.717) is 4.90 Å². The molecular weight excluding hydrogens is 322 g/mol. The van der Waals surface area contributed by atoms with E-state index in [1.54, 1.807) is 6.26 Å². The van der Waals surface area contributed by atoms with Crippen LogP contribution in [0.4, 0.5) is 17.6 Å². The molecule has 1 amide bonds. The minimum absolute atomic E-state index is 0.194. The first-order chi connectivity index (χ1) is 10.2. The SMILES string of the molecule is CSc1cc(C(=O)N2CCC(O)(C(F)(F)F)CC2)ccc1F. The number of carbonyl (C=O) groups excluding carboxylic acids is 1. The first-order valence-electron chi connectivity index (χ1n) is 6.60. The zero-order chi connectivity index (χ0) is 16.5. The largest absolute Gasteiger partial charge is 0.417 e. The highest BCUT2D eigenvalue weighted by molar-refractivity contribution is 7.98. The predicted octanol–water partition coefficient (Wildman–Crippen LogP) is 3.08. The van der Waals surface area contributed by atoms with Crippen LogP contribution in [-0.2, 0) is 0 Å². The molecule has 0 unspecified atom stereocenters. The fourth-order valence-corrected chi connectivity index (χ4v) is 2.85. The maximum Gasteiger partial charge on any atom is 0.417 e. The molecule has 0 atom stereocenters. The lowest BCUT2D eigenvalue weighted by Crippen LogP contribution is -2.54. The van der Waals surface area contributed by atoms with Gasteiger partial charge in [-0.15, -0.1) is 11.8 Å². The lowest BCUT2D eigenvalue weighted by molar-refractivity contribution is -0.271. The van der Waals surface area contributed by atoms with Crippen LogP contribution in [-0.4, -0.2) is 47.0 Å². The number of hydrogen-bond donors (Lipinski definition) is 1. The Hall–Kier alpha value is -1.28. The number of likely N-dealkylation sites (tertiary alicyclic amines) is 1. The van der Waals surface area contributed by atoms with Crippen molar-refractivity contribution in [3.8, 4) is 0 Å². The molecule has 1 aliphatic rings. The van der Waals surface area contributed by atoms with E-state index in [-0.39, 0.29) is 18.7 Å². The molecule has 1 saturated heterocycles. The van der Waals surface area contributed by atoms with Crippen LogP contribution in [0.3, 0.4) is 0 Å². The van der Waals surface area contributed by atoms with Gasteiger partial charge in [0, 0.05) is 36.4 Å². The Kier molecular flexibility index (Phi) is 4.72. The van der Waals surface area contributed by atoms with Crippen molar-refractivity contribution in [1.82, 2.24) is 4.90 Å². The van der Waals surface area contributed by atoms with Crippen molar-refractivity contribution >= 4 is 17.7 Å². The summed E-state index contributed by atoms with van der Waals surface area (Å²) in [5.41, 5.74) is -2.51. The molecule has 1 aromatic carbocycles. The molecule has 3 nitrogen and oxygen atoms in total. The van der Waals surface area contributed by atoms with Gasteiger partial charge in [-0.3, -0.25) is 4.79 Å². The van der Waals surface area contributed by atoms with Crippen molar-refractivity contribution < 1.29 is 27.5 Å². The van der Waals surface area contributed by atoms with Crippen LogP contribution in [0, 0.1) is 5.82 Å². The maximum absolute atomic E-state index is 13.4. The van der Waals surface area contributed by atoms with E-state index in [0.717, 1.165) is 17.8 Å². The van der Waals surface area contributed by atoms with Crippen molar-refractivity contribution in [3.05, 3.63) is 29.6 Å². The number of nitrogens with zero attached hydrogens (tertiary/aromatic N) is 1. The van der Waals surface area contributed by atoms with Gasteiger partial charge in [0.15, 0.2) is 5.60 Å². The third-order valence-electron chi connectivity index (χ3n) is 3.80. The Morgan fingerprint density at radius 2 is 1.91 bits per heavy atom. The number of hydrogen-bond acceptors (Lipinski definition) is 3. The Morgan fingerprint density at radius 3 is 2.41 bits per heavy atom. The van der Waals surface area contributed by atoms with Crippen LogP contribution >= 0.6 is 11.8 Å². The summed E-state index contributed by atoms with van der Waals surface area (Å²) in [4.78, 5) is 13.8. The third kappa shape index (κ3) is 3.22. The molecule has 122 valence electrons. The topological polar surface area (TPSA) is 40.5 Å². The third-order valence-corrected chi connectivity index (χ3v) is 4.56. The summed E-state index contributed by atoms with van der Waals surface area (Å²) in [6, 6.07) is 3.85. The Morgan fingerprint density at radius 1 is 1.32 bits per heavy atom. The molecule has 0 aliphatic carbocycles. The van der Waals surface area contributed by atoms with E-state index >= 15 is 0 Å². The lowest BCUT2D eigenvalue weighted by Gasteiger charge is -2.39. The number of aliphatic hydroxyl groups is 1. The average molecular weight is 337 g/mol. The second kappa shape index (κ2) is 6.08. The molecule has 0 bridgehead atoms. The van der Waals surface area contributed by atoms with Gasteiger partial charge in [-0.05, 0) is 24.5 Å². The van der Waals surface area contributed by atoms with Crippen LogP contribution in [0.25, 0.3) is 0 Å². The van der Waals surface area contributed by atoms with Crippen LogP contribution in [0.15, 0.2) is 23.1 Å². The highest BCUT2D eigenvalue weighted by Gasteiger charge is 2.54. The molecule has 0 aromatic heterocycles. The second-order valence-electron chi connectivity index (χ2n) is 5.17. The van der Waals surface area contributed by atoms with E-state index in [9.17, 15) is 27.5 Å². The van der Waals surface area contributed by atoms with Crippen LogP contribution in [0.5, 0.6) is 0 Å². The average Bonchev–Trinajstić information content (AvgIpc) is 2.47. The van der Waals surface area contributed by atoms with Crippen molar-refractivity contribution in [1.29, 1.82) is 0 Å². The summed E-state index contributed by atoms with van der Waals surface area (Å²) >= 11 is 1.14. The lowest BCUT2D eigenvalue weighted by atomic mass is 9.90. The Labute approximate surface area is 129 Å². The first-order valence-corrected chi connectivity index (χ1v) is 7.82. The van der Waals surface area contributed by atoms with Gasteiger partial charge >= 0.3 is 6.18 Å². The van der Waals surface area contributed by atoms with Crippen LogP contribution in [0.1, 0.15) is 23.2 Å². The number of halogens is 4. The molecule has 1 aliphatic heterocycles. The minimum atomic E-state index is -4.70. The van der Waals surface area contributed by atoms with E-state index in [2.05, 4.69) is 0 Å². The molecule has 8 heteroatoms. The van der Waals surface area contributed by atoms with Gasteiger partial charge in [0.25, 0.3) is 5.91 Å². The Bertz CT molecular complexity index is 568. The molecule has 1 aromatic rings.